The standard InChI is InChI=1S/C14H23N3O/c1-10-11(6-12(7-15)17(10)5)8-16-9-13(18)14(2,3)4/h6,13,16,18H,8-9H2,1-5H3. The van der Waals surface area contributed by atoms with E-state index in [0.29, 0.717) is 18.8 Å². The van der Waals surface area contributed by atoms with Crippen LogP contribution in [-0.2, 0) is 13.6 Å². The van der Waals surface area contributed by atoms with Crippen molar-refractivity contribution in [3.63, 3.8) is 0 Å². The van der Waals surface area contributed by atoms with E-state index >= 15 is 0 Å². The van der Waals surface area contributed by atoms with Gasteiger partial charge in [-0.05, 0) is 24.0 Å². The van der Waals surface area contributed by atoms with Crippen molar-refractivity contribution in [3.8, 4) is 6.07 Å². The number of rotatable bonds is 4. The quantitative estimate of drug-likeness (QED) is 0.854. The molecule has 1 atom stereocenters. The smallest absolute Gasteiger partial charge is 0.120 e. The van der Waals surface area contributed by atoms with Crippen molar-refractivity contribution in [1.82, 2.24) is 9.88 Å². The van der Waals surface area contributed by atoms with Crippen LogP contribution in [0.15, 0.2) is 6.07 Å². The summed E-state index contributed by atoms with van der Waals surface area (Å²) in [6, 6.07) is 4.06. The van der Waals surface area contributed by atoms with Gasteiger partial charge in [-0.2, -0.15) is 5.26 Å². The number of aliphatic hydroxyl groups excluding tert-OH is 1. The van der Waals surface area contributed by atoms with Crippen LogP contribution in [0.1, 0.15) is 37.7 Å². The maximum absolute atomic E-state index is 9.92. The summed E-state index contributed by atoms with van der Waals surface area (Å²) in [6.07, 6.45) is -0.378. The van der Waals surface area contributed by atoms with Gasteiger partial charge in [-0.3, -0.25) is 0 Å². The second kappa shape index (κ2) is 5.55. The van der Waals surface area contributed by atoms with Crippen molar-refractivity contribution in [1.29, 1.82) is 5.26 Å². The maximum Gasteiger partial charge on any atom is 0.120 e. The third-order valence-corrected chi connectivity index (χ3v) is 3.41. The van der Waals surface area contributed by atoms with Gasteiger partial charge in [0.25, 0.3) is 0 Å². The van der Waals surface area contributed by atoms with Crippen LogP contribution in [-0.4, -0.2) is 22.3 Å². The van der Waals surface area contributed by atoms with Crippen molar-refractivity contribution < 1.29 is 5.11 Å². The molecule has 1 heterocycles. The highest BCUT2D eigenvalue weighted by molar-refractivity contribution is 5.34. The third-order valence-electron chi connectivity index (χ3n) is 3.41. The molecule has 0 amide bonds. The van der Waals surface area contributed by atoms with Gasteiger partial charge in [0.05, 0.1) is 6.10 Å². The highest BCUT2D eigenvalue weighted by Gasteiger charge is 2.21. The normalized spacial score (nSPS) is 13.4. The van der Waals surface area contributed by atoms with Crippen LogP contribution in [0.4, 0.5) is 0 Å². The number of aliphatic hydroxyl groups is 1. The third kappa shape index (κ3) is 3.34. The molecular formula is C14H23N3O. The Kier molecular flexibility index (Phi) is 4.55. The summed E-state index contributed by atoms with van der Waals surface area (Å²) in [5, 5.41) is 22.1. The van der Waals surface area contributed by atoms with Gasteiger partial charge in [-0.15, -0.1) is 0 Å². The number of nitrogens with one attached hydrogen (secondary N) is 1. The van der Waals surface area contributed by atoms with E-state index < -0.39 is 0 Å². The summed E-state index contributed by atoms with van der Waals surface area (Å²) >= 11 is 0. The van der Waals surface area contributed by atoms with E-state index in [-0.39, 0.29) is 11.5 Å². The summed E-state index contributed by atoms with van der Waals surface area (Å²) in [6.45, 7) is 9.27. The van der Waals surface area contributed by atoms with Crippen molar-refractivity contribution in [3.05, 3.63) is 23.0 Å². The first-order chi connectivity index (χ1) is 8.27. The van der Waals surface area contributed by atoms with Crippen LogP contribution in [0.5, 0.6) is 0 Å². The van der Waals surface area contributed by atoms with Gasteiger partial charge in [0.2, 0.25) is 0 Å². The Hall–Kier alpha value is -1.31. The van der Waals surface area contributed by atoms with Crippen LogP contribution < -0.4 is 5.32 Å². The van der Waals surface area contributed by atoms with Crippen LogP contribution in [0, 0.1) is 23.7 Å². The SMILES string of the molecule is Cc1c(CNCC(O)C(C)(C)C)cc(C#N)n1C. The summed E-state index contributed by atoms with van der Waals surface area (Å²) < 4.78 is 1.89. The summed E-state index contributed by atoms with van der Waals surface area (Å²) in [5.74, 6) is 0. The second-order valence-electron chi connectivity index (χ2n) is 5.82. The first kappa shape index (κ1) is 14.7. The number of nitrogens with zero attached hydrogens (tertiary/aromatic N) is 2. The Balaban J connectivity index is 2.58. The van der Waals surface area contributed by atoms with Crippen LogP contribution >= 0.6 is 0 Å². The van der Waals surface area contributed by atoms with Crippen LogP contribution in [0.2, 0.25) is 0 Å². The average molecular weight is 249 g/mol. The van der Waals surface area contributed by atoms with E-state index in [9.17, 15) is 5.11 Å². The molecule has 0 aliphatic heterocycles. The molecule has 1 unspecified atom stereocenters. The van der Waals surface area contributed by atoms with Gasteiger partial charge in [0, 0.05) is 25.8 Å². The van der Waals surface area contributed by atoms with E-state index in [1.54, 1.807) is 0 Å². The molecule has 4 heteroatoms. The van der Waals surface area contributed by atoms with Crippen molar-refractivity contribution >= 4 is 0 Å². The van der Waals surface area contributed by atoms with E-state index in [4.69, 9.17) is 5.26 Å². The highest BCUT2D eigenvalue weighted by atomic mass is 16.3. The lowest BCUT2D eigenvalue weighted by atomic mass is 9.89. The van der Waals surface area contributed by atoms with E-state index in [0.717, 1.165) is 11.3 Å². The van der Waals surface area contributed by atoms with Crippen LogP contribution in [0.3, 0.4) is 0 Å². The topological polar surface area (TPSA) is 61.0 Å². The zero-order valence-electron chi connectivity index (χ0n) is 11.9. The molecule has 1 aromatic heterocycles. The Bertz CT molecular complexity index is 449. The number of hydrogen-bond acceptors (Lipinski definition) is 3. The number of nitriles is 1. The lowest BCUT2D eigenvalue weighted by Gasteiger charge is -2.26. The minimum absolute atomic E-state index is 0.115. The Labute approximate surface area is 109 Å². The fourth-order valence-electron chi connectivity index (χ4n) is 1.70. The molecule has 18 heavy (non-hydrogen) atoms. The average Bonchev–Trinajstić information content (AvgIpc) is 2.55. The van der Waals surface area contributed by atoms with Gasteiger partial charge in [0.1, 0.15) is 11.8 Å². The molecule has 4 nitrogen and oxygen atoms in total. The van der Waals surface area contributed by atoms with Gasteiger partial charge >= 0.3 is 0 Å². The van der Waals surface area contributed by atoms with Gasteiger partial charge < -0.3 is 15.0 Å². The molecule has 0 aliphatic rings. The molecular weight excluding hydrogens is 226 g/mol. The molecule has 0 fully saturated rings. The highest BCUT2D eigenvalue weighted by Crippen LogP contribution is 2.18. The van der Waals surface area contributed by atoms with Crippen LogP contribution in [0.25, 0.3) is 0 Å². The zero-order chi connectivity index (χ0) is 13.9. The maximum atomic E-state index is 9.92. The lowest BCUT2D eigenvalue weighted by Crippen LogP contribution is -2.36. The fourth-order valence-corrected chi connectivity index (χ4v) is 1.70. The van der Waals surface area contributed by atoms with E-state index in [1.807, 2.05) is 45.4 Å². The van der Waals surface area contributed by atoms with E-state index in [2.05, 4.69) is 11.4 Å². The van der Waals surface area contributed by atoms with Gasteiger partial charge in [-0.25, -0.2) is 0 Å². The predicted molar refractivity (Wildman–Crippen MR) is 72.0 cm³/mol. The monoisotopic (exact) mass is 249 g/mol. The predicted octanol–water partition coefficient (Wildman–Crippen LogP) is 1.70. The Morgan fingerprint density at radius 1 is 1.50 bits per heavy atom. The molecule has 0 aliphatic carbocycles. The first-order valence-electron chi connectivity index (χ1n) is 6.21. The molecule has 1 aromatic rings. The minimum atomic E-state index is -0.378. The lowest BCUT2D eigenvalue weighted by molar-refractivity contribution is 0.0627. The molecule has 2 N–H and O–H groups in total. The van der Waals surface area contributed by atoms with Gasteiger partial charge in [-0.1, -0.05) is 20.8 Å². The van der Waals surface area contributed by atoms with Gasteiger partial charge in [0.15, 0.2) is 0 Å². The molecule has 0 saturated carbocycles. The van der Waals surface area contributed by atoms with Crippen molar-refractivity contribution in [2.24, 2.45) is 12.5 Å². The molecule has 1 rings (SSSR count). The zero-order valence-corrected chi connectivity index (χ0v) is 11.9. The Morgan fingerprint density at radius 2 is 2.11 bits per heavy atom. The molecule has 0 spiro atoms. The van der Waals surface area contributed by atoms with Crippen molar-refractivity contribution in [2.75, 3.05) is 6.54 Å². The Morgan fingerprint density at radius 3 is 2.56 bits per heavy atom. The summed E-state index contributed by atoms with van der Waals surface area (Å²) in [5.41, 5.74) is 2.75. The molecule has 0 aromatic carbocycles. The summed E-state index contributed by atoms with van der Waals surface area (Å²) in [4.78, 5) is 0. The largest absolute Gasteiger partial charge is 0.391 e. The van der Waals surface area contributed by atoms with Crippen molar-refractivity contribution in [2.45, 2.75) is 40.3 Å². The molecule has 100 valence electrons. The molecule has 0 bridgehead atoms. The number of hydrogen-bond donors (Lipinski definition) is 2. The summed E-state index contributed by atoms with van der Waals surface area (Å²) in [7, 11) is 1.89. The second-order valence-corrected chi connectivity index (χ2v) is 5.82. The fraction of sp³-hybridized carbons (Fsp3) is 0.643. The first-order valence-corrected chi connectivity index (χ1v) is 6.21. The van der Waals surface area contributed by atoms with E-state index in [1.165, 1.54) is 0 Å². The molecule has 0 radical (unpaired) electrons. The number of aromatic nitrogens is 1. The molecule has 0 saturated heterocycles. The minimum Gasteiger partial charge on any atom is -0.391 e.